The Morgan fingerprint density at radius 2 is 2.54 bits per heavy atom. The zero-order valence-corrected chi connectivity index (χ0v) is 6.81. The van der Waals surface area contributed by atoms with E-state index in [4.69, 9.17) is 16.2 Å². The number of hydrogen-bond acceptors (Lipinski definition) is 4. The Labute approximate surface area is 75.1 Å². The number of oxime groups is 1. The number of amidine groups is 1. The topological polar surface area (TPSA) is 95.3 Å². The highest BCUT2D eigenvalue weighted by Gasteiger charge is 2.03. The summed E-state index contributed by atoms with van der Waals surface area (Å²) < 4.78 is 0. The van der Waals surface area contributed by atoms with E-state index in [9.17, 15) is 0 Å². The fourth-order valence-electron chi connectivity index (χ4n) is 0.912. The van der Waals surface area contributed by atoms with Crippen molar-refractivity contribution >= 4 is 5.84 Å². The van der Waals surface area contributed by atoms with Crippen molar-refractivity contribution in [1.29, 1.82) is 5.26 Å². The molecule has 0 aliphatic carbocycles. The van der Waals surface area contributed by atoms with Crippen molar-refractivity contribution in [2.75, 3.05) is 0 Å². The molecular weight excluding hydrogens is 168 g/mol. The van der Waals surface area contributed by atoms with Gasteiger partial charge in [-0.2, -0.15) is 5.26 Å². The Bertz CT molecular complexity index is 367. The number of pyridine rings is 1. The van der Waals surface area contributed by atoms with E-state index in [-0.39, 0.29) is 12.3 Å². The Morgan fingerprint density at radius 3 is 3.15 bits per heavy atom. The van der Waals surface area contributed by atoms with Crippen LogP contribution < -0.4 is 5.73 Å². The molecule has 0 fully saturated rings. The van der Waals surface area contributed by atoms with Crippen LogP contribution in [0.2, 0.25) is 0 Å². The van der Waals surface area contributed by atoms with Gasteiger partial charge in [0.15, 0.2) is 0 Å². The van der Waals surface area contributed by atoms with Crippen LogP contribution in [-0.4, -0.2) is 16.0 Å². The van der Waals surface area contributed by atoms with Gasteiger partial charge < -0.3 is 10.9 Å². The van der Waals surface area contributed by atoms with Crippen LogP contribution >= 0.6 is 0 Å². The van der Waals surface area contributed by atoms with Crippen LogP contribution in [0.15, 0.2) is 23.5 Å². The lowest BCUT2D eigenvalue weighted by Gasteiger charge is -1.99. The predicted molar refractivity (Wildman–Crippen MR) is 46.1 cm³/mol. The highest BCUT2D eigenvalue weighted by atomic mass is 16.4. The van der Waals surface area contributed by atoms with Gasteiger partial charge in [0.2, 0.25) is 0 Å². The maximum absolute atomic E-state index is 8.65. The van der Waals surface area contributed by atoms with Crippen molar-refractivity contribution in [3.8, 4) is 6.07 Å². The second kappa shape index (κ2) is 4.07. The average Bonchev–Trinajstić information content (AvgIpc) is 2.18. The van der Waals surface area contributed by atoms with E-state index in [1.165, 1.54) is 6.20 Å². The number of aromatic nitrogens is 1. The summed E-state index contributed by atoms with van der Waals surface area (Å²) in [4.78, 5) is 3.83. The minimum atomic E-state index is 0.0597. The second-order valence-electron chi connectivity index (χ2n) is 2.39. The summed E-state index contributed by atoms with van der Waals surface area (Å²) in [5, 5.41) is 19.8. The van der Waals surface area contributed by atoms with E-state index >= 15 is 0 Å². The largest absolute Gasteiger partial charge is 0.409 e. The molecule has 0 saturated heterocycles. The number of nitriles is 1. The first-order chi connectivity index (χ1) is 6.27. The Hall–Kier alpha value is -2.09. The molecule has 0 amide bonds. The zero-order valence-electron chi connectivity index (χ0n) is 6.81. The molecule has 0 radical (unpaired) electrons. The van der Waals surface area contributed by atoms with Crippen LogP contribution in [0.5, 0.6) is 0 Å². The molecule has 13 heavy (non-hydrogen) atoms. The lowest BCUT2D eigenvalue weighted by Crippen LogP contribution is -2.15. The molecule has 3 N–H and O–H groups in total. The van der Waals surface area contributed by atoms with Gasteiger partial charge in [-0.25, -0.2) is 4.98 Å². The molecule has 0 unspecified atom stereocenters. The first kappa shape index (κ1) is 9.00. The molecule has 0 spiro atoms. The maximum Gasteiger partial charge on any atom is 0.144 e. The van der Waals surface area contributed by atoms with E-state index in [2.05, 4.69) is 10.1 Å². The molecule has 5 heteroatoms. The molecule has 1 aromatic rings. The van der Waals surface area contributed by atoms with Crippen molar-refractivity contribution < 1.29 is 5.21 Å². The fourth-order valence-corrected chi connectivity index (χ4v) is 0.912. The molecular formula is C8H8N4O. The van der Waals surface area contributed by atoms with Gasteiger partial charge in [-0.15, -0.1) is 0 Å². The first-order valence-electron chi connectivity index (χ1n) is 3.58. The molecule has 1 aromatic heterocycles. The standard InChI is InChI=1S/C8H8N4O/c9-5-7-6(2-1-3-11-7)4-8(10)12-13/h1-3,13H,4H2,(H2,10,12). The quantitative estimate of drug-likeness (QED) is 0.292. The van der Waals surface area contributed by atoms with Crippen molar-refractivity contribution in [3.63, 3.8) is 0 Å². The van der Waals surface area contributed by atoms with E-state index in [0.29, 0.717) is 11.3 Å². The normalized spacial score (nSPS) is 10.8. The van der Waals surface area contributed by atoms with E-state index < -0.39 is 0 Å². The monoisotopic (exact) mass is 176 g/mol. The Morgan fingerprint density at radius 1 is 1.77 bits per heavy atom. The molecule has 0 atom stereocenters. The van der Waals surface area contributed by atoms with Gasteiger partial charge in [0.1, 0.15) is 17.6 Å². The molecule has 1 rings (SSSR count). The number of rotatable bonds is 2. The SMILES string of the molecule is N#Cc1ncccc1C/C(N)=N/O. The fraction of sp³-hybridized carbons (Fsp3) is 0.125. The van der Waals surface area contributed by atoms with Gasteiger partial charge in [0.05, 0.1) is 0 Å². The minimum absolute atomic E-state index is 0.0597. The maximum atomic E-state index is 8.65. The van der Waals surface area contributed by atoms with E-state index in [1.54, 1.807) is 12.1 Å². The zero-order chi connectivity index (χ0) is 9.68. The van der Waals surface area contributed by atoms with Gasteiger partial charge in [-0.05, 0) is 11.6 Å². The van der Waals surface area contributed by atoms with E-state index in [1.807, 2.05) is 6.07 Å². The summed E-state index contributed by atoms with van der Waals surface area (Å²) in [5.41, 5.74) is 6.24. The minimum Gasteiger partial charge on any atom is -0.409 e. The molecule has 0 aliphatic heterocycles. The van der Waals surface area contributed by atoms with Crippen molar-refractivity contribution in [2.45, 2.75) is 6.42 Å². The molecule has 0 aromatic carbocycles. The van der Waals surface area contributed by atoms with Gasteiger partial charge in [-0.3, -0.25) is 0 Å². The van der Waals surface area contributed by atoms with E-state index in [0.717, 1.165) is 0 Å². The average molecular weight is 176 g/mol. The number of hydrogen-bond donors (Lipinski definition) is 2. The van der Waals surface area contributed by atoms with Crippen LogP contribution in [-0.2, 0) is 6.42 Å². The third-order valence-electron chi connectivity index (χ3n) is 1.50. The third-order valence-corrected chi connectivity index (χ3v) is 1.50. The molecule has 0 aliphatic rings. The highest BCUT2D eigenvalue weighted by molar-refractivity contribution is 5.82. The lowest BCUT2D eigenvalue weighted by molar-refractivity contribution is 0.317. The van der Waals surface area contributed by atoms with Crippen LogP contribution in [0.3, 0.4) is 0 Å². The predicted octanol–water partition coefficient (Wildman–Crippen LogP) is 0.242. The summed E-state index contributed by atoms with van der Waals surface area (Å²) in [7, 11) is 0. The van der Waals surface area contributed by atoms with Crippen molar-refractivity contribution in [3.05, 3.63) is 29.6 Å². The second-order valence-corrected chi connectivity index (χ2v) is 2.39. The Balaban J connectivity index is 2.95. The summed E-state index contributed by atoms with van der Waals surface area (Å²) >= 11 is 0. The molecule has 66 valence electrons. The Kier molecular flexibility index (Phi) is 2.82. The van der Waals surface area contributed by atoms with Crippen LogP contribution in [0.4, 0.5) is 0 Å². The summed E-state index contributed by atoms with van der Waals surface area (Å²) in [5.74, 6) is 0.0597. The summed E-state index contributed by atoms with van der Waals surface area (Å²) in [6.07, 6.45) is 1.75. The smallest absolute Gasteiger partial charge is 0.144 e. The van der Waals surface area contributed by atoms with Gasteiger partial charge in [0, 0.05) is 12.6 Å². The molecule has 1 heterocycles. The van der Waals surface area contributed by atoms with Crippen LogP contribution in [0, 0.1) is 11.3 Å². The van der Waals surface area contributed by atoms with Gasteiger partial charge in [-0.1, -0.05) is 11.2 Å². The lowest BCUT2D eigenvalue weighted by atomic mass is 10.1. The highest BCUT2D eigenvalue weighted by Crippen LogP contribution is 2.04. The van der Waals surface area contributed by atoms with Gasteiger partial charge >= 0.3 is 0 Å². The van der Waals surface area contributed by atoms with Gasteiger partial charge in [0.25, 0.3) is 0 Å². The van der Waals surface area contributed by atoms with Crippen molar-refractivity contribution in [2.24, 2.45) is 10.9 Å². The molecule has 5 nitrogen and oxygen atoms in total. The number of nitrogens with zero attached hydrogens (tertiary/aromatic N) is 3. The van der Waals surface area contributed by atoms with Crippen molar-refractivity contribution in [1.82, 2.24) is 4.98 Å². The molecule has 0 saturated carbocycles. The van der Waals surface area contributed by atoms with Crippen LogP contribution in [0.1, 0.15) is 11.3 Å². The third kappa shape index (κ3) is 2.17. The molecule has 0 bridgehead atoms. The summed E-state index contributed by atoms with van der Waals surface area (Å²) in [6.45, 7) is 0. The number of nitrogens with two attached hydrogens (primary N) is 1. The summed E-state index contributed by atoms with van der Waals surface area (Å²) in [6, 6.07) is 5.33. The van der Waals surface area contributed by atoms with Crippen LogP contribution in [0.25, 0.3) is 0 Å². The first-order valence-corrected chi connectivity index (χ1v) is 3.58.